The highest BCUT2D eigenvalue weighted by molar-refractivity contribution is 5.94. The summed E-state index contributed by atoms with van der Waals surface area (Å²) in [4.78, 5) is 13.7. The third-order valence-corrected chi connectivity index (χ3v) is 3.01. The lowest BCUT2D eigenvalue weighted by atomic mass is 10.1. The van der Waals surface area contributed by atoms with Gasteiger partial charge in [0.2, 0.25) is 0 Å². The summed E-state index contributed by atoms with van der Waals surface area (Å²) in [7, 11) is 1.61. The molecule has 0 unspecified atom stereocenters. The van der Waals surface area contributed by atoms with E-state index in [1.54, 1.807) is 19.2 Å². The Bertz CT molecular complexity index is 644. The third-order valence-electron chi connectivity index (χ3n) is 3.01. The third kappa shape index (κ3) is 4.18. The van der Waals surface area contributed by atoms with Crippen molar-refractivity contribution in [2.75, 3.05) is 7.05 Å². The van der Waals surface area contributed by atoms with Gasteiger partial charge in [-0.2, -0.15) is 8.78 Å². The van der Waals surface area contributed by atoms with Crippen LogP contribution in [0.25, 0.3) is 0 Å². The molecule has 0 bridgehead atoms. The van der Waals surface area contributed by atoms with Crippen LogP contribution in [0.4, 0.5) is 8.78 Å². The second-order valence-electron chi connectivity index (χ2n) is 4.73. The van der Waals surface area contributed by atoms with Crippen LogP contribution in [0, 0.1) is 0 Å². The van der Waals surface area contributed by atoms with E-state index in [2.05, 4.69) is 4.74 Å². The molecule has 0 aliphatic carbocycles. The summed E-state index contributed by atoms with van der Waals surface area (Å²) in [5.41, 5.74) is 1.10. The predicted molar refractivity (Wildman–Crippen MR) is 77.0 cm³/mol. The molecule has 0 saturated carbocycles. The second-order valence-corrected chi connectivity index (χ2v) is 4.73. The van der Waals surface area contributed by atoms with Gasteiger partial charge in [-0.15, -0.1) is 0 Å². The fourth-order valence-corrected chi connectivity index (χ4v) is 1.97. The molecule has 1 N–H and O–H groups in total. The van der Waals surface area contributed by atoms with Gasteiger partial charge in [-0.05, 0) is 35.9 Å². The zero-order chi connectivity index (χ0) is 16.1. The van der Waals surface area contributed by atoms with E-state index in [0.717, 1.165) is 5.56 Å². The van der Waals surface area contributed by atoms with E-state index in [-0.39, 0.29) is 23.0 Å². The Labute approximate surface area is 126 Å². The summed E-state index contributed by atoms with van der Waals surface area (Å²) in [5.74, 6) is -0.221. The second kappa shape index (κ2) is 6.89. The van der Waals surface area contributed by atoms with Crippen molar-refractivity contribution in [1.29, 1.82) is 0 Å². The first kappa shape index (κ1) is 15.8. The van der Waals surface area contributed by atoms with Gasteiger partial charge >= 0.3 is 6.61 Å². The van der Waals surface area contributed by atoms with E-state index in [9.17, 15) is 18.7 Å². The maximum atomic E-state index is 12.3. The topological polar surface area (TPSA) is 49.8 Å². The van der Waals surface area contributed by atoms with E-state index in [0.29, 0.717) is 6.54 Å². The maximum absolute atomic E-state index is 12.3. The van der Waals surface area contributed by atoms with Crippen LogP contribution in [0.3, 0.4) is 0 Å². The fourth-order valence-electron chi connectivity index (χ4n) is 1.97. The first-order chi connectivity index (χ1) is 10.5. The molecule has 116 valence electrons. The molecule has 0 radical (unpaired) electrons. The Hall–Kier alpha value is -2.63. The molecule has 2 aromatic carbocycles. The predicted octanol–water partition coefficient (Wildman–Crippen LogP) is 3.27. The van der Waals surface area contributed by atoms with Gasteiger partial charge in [0.1, 0.15) is 11.5 Å². The number of rotatable bonds is 5. The zero-order valence-electron chi connectivity index (χ0n) is 11.9. The average Bonchev–Trinajstić information content (AvgIpc) is 2.48. The Morgan fingerprint density at radius 3 is 2.55 bits per heavy atom. The number of nitrogens with zero attached hydrogens (tertiary/aromatic N) is 1. The fraction of sp³-hybridized carbons (Fsp3) is 0.188. The molecular formula is C16H15F2NO3. The lowest BCUT2D eigenvalue weighted by molar-refractivity contribution is -0.0499. The van der Waals surface area contributed by atoms with Crippen LogP contribution in [0.15, 0.2) is 48.5 Å². The van der Waals surface area contributed by atoms with Gasteiger partial charge in [0.15, 0.2) is 0 Å². The van der Waals surface area contributed by atoms with Crippen LogP contribution in [0.1, 0.15) is 15.9 Å². The minimum Gasteiger partial charge on any atom is -0.508 e. The smallest absolute Gasteiger partial charge is 0.387 e. The van der Waals surface area contributed by atoms with E-state index < -0.39 is 6.61 Å². The number of aromatic hydroxyl groups is 1. The Morgan fingerprint density at radius 2 is 1.91 bits per heavy atom. The summed E-state index contributed by atoms with van der Waals surface area (Å²) >= 11 is 0. The largest absolute Gasteiger partial charge is 0.508 e. The molecule has 6 heteroatoms. The monoisotopic (exact) mass is 307 g/mol. The molecule has 0 aromatic heterocycles. The number of benzene rings is 2. The van der Waals surface area contributed by atoms with Gasteiger partial charge in [0.25, 0.3) is 5.91 Å². The van der Waals surface area contributed by atoms with Crippen LogP contribution in [-0.2, 0) is 6.54 Å². The molecule has 1 amide bonds. The van der Waals surface area contributed by atoms with Crippen LogP contribution < -0.4 is 4.74 Å². The molecule has 2 rings (SSSR count). The van der Waals surface area contributed by atoms with Crippen molar-refractivity contribution in [3.63, 3.8) is 0 Å². The average molecular weight is 307 g/mol. The molecule has 0 heterocycles. The quantitative estimate of drug-likeness (QED) is 0.922. The molecule has 2 aromatic rings. The lowest BCUT2D eigenvalue weighted by Crippen LogP contribution is -2.26. The molecule has 0 atom stereocenters. The number of phenolic OH excluding ortho intramolecular Hbond substituents is 1. The van der Waals surface area contributed by atoms with Gasteiger partial charge < -0.3 is 14.7 Å². The number of alkyl halides is 2. The van der Waals surface area contributed by atoms with Crippen LogP contribution in [0.5, 0.6) is 11.5 Å². The Kier molecular flexibility index (Phi) is 4.93. The number of carbonyl (C=O) groups is 1. The van der Waals surface area contributed by atoms with Crippen molar-refractivity contribution in [2.45, 2.75) is 13.2 Å². The molecule has 0 fully saturated rings. The first-order valence-electron chi connectivity index (χ1n) is 6.54. The summed E-state index contributed by atoms with van der Waals surface area (Å²) in [6, 6.07) is 12.1. The lowest BCUT2D eigenvalue weighted by Gasteiger charge is -2.18. The van der Waals surface area contributed by atoms with Crippen molar-refractivity contribution in [2.24, 2.45) is 0 Å². The van der Waals surface area contributed by atoms with Crippen molar-refractivity contribution < 1.29 is 23.4 Å². The number of hydrogen-bond acceptors (Lipinski definition) is 3. The van der Waals surface area contributed by atoms with Crippen LogP contribution in [-0.4, -0.2) is 29.6 Å². The Morgan fingerprint density at radius 1 is 1.23 bits per heavy atom. The number of phenols is 1. The minimum atomic E-state index is -2.93. The van der Waals surface area contributed by atoms with E-state index >= 15 is 0 Å². The highest BCUT2D eigenvalue weighted by Gasteiger charge is 2.14. The van der Waals surface area contributed by atoms with E-state index in [1.165, 1.54) is 41.3 Å². The molecular weight excluding hydrogens is 292 g/mol. The SMILES string of the molecule is CN(Cc1ccc(O)cc1)C(=O)c1cccc(OC(F)F)c1. The zero-order valence-corrected chi connectivity index (χ0v) is 11.9. The minimum absolute atomic E-state index is 0.0566. The summed E-state index contributed by atoms with van der Waals surface area (Å²) in [6.07, 6.45) is 0. The number of amides is 1. The number of ether oxygens (including phenoxy) is 1. The number of carbonyl (C=O) groups excluding carboxylic acids is 1. The number of halogens is 2. The van der Waals surface area contributed by atoms with Gasteiger partial charge in [0.05, 0.1) is 0 Å². The molecule has 22 heavy (non-hydrogen) atoms. The molecule has 4 nitrogen and oxygen atoms in total. The Balaban J connectivity index is 2.08. The van der Waals surface area contributed by atoms with Crippen molar-refractivity contribution in [3.05, 3.63) is 59.7 Å². The normalized spacial score (nSPS) is 10.5. The highest BCUT2D eigenvalue weighted by atomic mass is 19.3. The van der Waals surface area contributed by atoms with Gasteiger partial charge in [-0.1, -0.05) is 18.2 Å². The molecule has 0 aliphatic heterocycles. The van der Waals surface area contributed by atoms with Crippen molar-refractivity contribution >= 4 is 5.91 Å². The van der Waals surface area contributed by atoms with Gasteiger partial charge in [-0.25, -0.2) is 0 Å². The van der Waals surface area contributed by atoms with Gasteiger partial charge in [0, 0.05) is 19.2 Å². The van der Waals surface area contributed by atoms with Gasteiger partial charge in [-0.3, -0.25) is 4.79 Å². The van der Waals surface area contributed by atoms with E-state index in [4.69, 9.17) is 0 Å². The summed E-state index contributed by atoms with van der Waals surface area (Å²) in [6.45, 7) is -2.60. The van der Waals surface area contributed by atoms with E-state index in [1.807, 2.05) is 0 Å². The highest BCUT2D eigenvalue weighted by Crippen LogP contribution is 2.18. The maximum Gasteiger partial charge on any atom is 0.387 e. The number of hydrogen-bond donors (Lipinski definition) is 1. The van der Waals surface area contributed by atoms with Crippen LogP contribution in [0.2, 0.25) is 0 Å². The summed E-state index contributed by atoms with van der Waals surface area (Å²) in [5, 5.41) is 9.22. The summed E-state index contributed by atoms with van der Waals surface area (Å²) < 4.78 is 28.7. The molecule has 0 aliphatic rings. The molecule has 0 spiro atoms. The van der Waals surface area contributed by atoms with Crippen LogP contribution >= 0.6 is 0 Å². The van der Waals surface area contributed by atoms with Crippen molar-refractivity contribution in [1.82, 2.24) is 4.90 Å². The standard InChI is InChI=1S/C16H15F2NO3/c1-19(10-11-5-7-13(20)8-6-11)15(21)12-3-2-4-14(9-12)22-16(17)18/h2-9,16,20H,10H2,1H3. The first-order valence-corrected chi connectivity index (χ1v) is 6.54. The molecule has 0 saturated heterocycles. The van der Waals surface area contributed by atoms with Crippen molar-refractivity contribution in [3.8, 4) is 11.5 Å².